The lowest BCUT2D eigenvalue weighted by Crippen LogP contribution is -2.46. The number of nitrogens with zero attached hydrogens (tertiary/aromatic N) is 3. The Hall–Kier alpha value is -3.70. The molecular formula is C40H49ClFN3O6. The van der Waals surface area contributed by atoms with E-state index in [2.05, 4.69) is 11.8 Å². The van der Waals surface area contributed by atoms with Crippen molar-refractivity contribution in [3.8, 4) is 28.1 Å². The molecule has 51 heavy (non-hydrogen) atoms. The average molecular weight is 722 g/mol. The molecule has 0 aliphatic carbocycles. The topological polar surface area (TPSA) is 94.8 Å². The summed E-state index contributed by atoms with van der Waals surface area (Å²) in [5.74, 6) is 0.313. The van der Waals surface area contributed by atoms with Crippen molar-refractivity contribution in [2.24, 2.45) is 0 Å². The molecule has 0 amide bonds. The summed E-state index contributed by atoms with van der Waals surface area (Å²) < 4.78 is 41.3. The van der Waals surface area contributed by atoms with E-state index >= 15 is 0 Å². The number of piperidine rings is 1. The second-order valence-electron chi connectivity index (χ2n) is 15.0. The number of carbonyl (C=O) groups is 1. The van der Waals surface area contributed by atoms with Crippen molar-refractivity contribution in [1.82, 2.24) is 9.38 Å². The standard InChI is InChI=1S/C40H49ClFN3O6/c1-24-11-8-9-20-49-40(6)16-18-44(19-17-40)37-32(34(38(47)48-7)51-39(3,4)5)25(2)30(23-46)36-43-33(35(41)45(36)37)27-13-10-12-26(21-27)29-22-28(42)14-15-31(29)50-24/h10,12-15,21-22,24,34,46H,8-9,11,16-20,23H2,1-7H3/t24-,34-/m0/s1. The lowest BCUT2D eigenvalue weighted by molar-refractivity contribution is -0.164. The lowest BCUT2D eigenvalue weighted by atomic mass is 9.91. The molecule has 3 aliphatic heterocycles. The highest BCUT2D eigenvalue weighted by molar-refractivity contribution is 6.32. The zero-order chi connectivity index (χ0) is 36.7. The second-order valence-corrected chi connectivity index (χ2v) is 15.3. The number of fused-ring (bicyclic) bond motifs is 8. The first kappa shape index (κ1) is 37.1. The Kier molecular flexibility index (Phi) is 10.7. The van der Waals surface area contributed by atoms with Crippen LogP contribution in [0.15, 0.2) is 42.5 Å². The van der Waals surface area contributed by atoms with Gasteiger partial charge in [-0.15, -0.1) is 0 Å². The minimum atomic E-state index is -1.12. The van der Waals surface area contributed by atoms with Gasteiger partial charge in [0.25, 0.3) is 0 Å². The molecule has 5 heterocycles. The van der Waals surface area contributed by atoms with Gasteiger partial charge in [0.15, 0.2) is 6.10 Å². The summed E-state index contributed by atoms with van der Waals surface area (Å²) in [6.07, 6.45) is 2.92. The zero-order valence-corrected chi connectivity index (χ0v) is 31.4. The normalized spacial score (nSPS) is 20.6. The Morgan fingerprint density at radius 3 is 2.57 bits per heavy atom. The van der Waals surface area contributed by atoms with E-state index in [9.17, 15) is 14.3 Å². The molecule has 11 heteroatoms. The van der Waals surface area contributed by atoms with Crippen molar-refractivity contribution < 1.29 is 33.2 Å². The van der Waals surface area contributed by atoms with Crippen LogP contribution in [-0.2, 0) is 25.6 Å². The number of aliphatic hydroxyl groups is 1. The smallest absolute Gasteiger partial charge is 0.339 e. The fourth-order valence-corrected chi connectivity index (χ4v) is 7.54. The first-order valence-electron chi connectivity index (χ1n) is 17.8. The molecule has 2 aromatic carbocycles. The average Bonchev–Trinajstić information content (AvgIpc) is 3.43. The number of methoxy groups -OCH3 is 1. The minimum absolute atomic E-state index is 0.0847. The van der Waals surface area contributed by atoms with E-state index in [1.807, 2.05) is 63.3 Å². The van der Waals surface area contributed by atoms with Crippen LogP contribution in [0.2, 0.25) is 5.15 Å². The molecule has 2 aromatic heterocycles. The van der Waals surface area contributed by atoms with Gasteiger partial charge in [-0.3, -0.25) is 4.40 Å². The number of aromatic nitrogens is 2. The summed E-state index contributed by atoms with van der Waals surface area (Å²) in [5, 5.41) is 11.2. The Morgan fingerprint density at radius 2 is 1.88 bits per heavy atom. The SMILES string of the molecule is COC(=O)[C@@H](OC(C)(C)C)c1c(C)c(CO)c2nc3c(Cl)n2c1N1CCC(C)(CC1)OCCCC[C@H](C)Oc1ccc(F)cc1-c1cccc-3c1. The first-order valence-corrected chi connectivity index (χ1v) is 18.2. The molecule has 7 rings (SSSR count). The number of rotatable bonds is 4. The van der Waals surface area contributed by atoms with Crippen LogP contribution in [0, 0.1) is 12.7 Å². The summed E-state index contributed by atoms with van der Waals surface area (Å²) in [4.78, 5) is 20.9. The van der Waals surface area contributed by atoms with Crippen molar-refractivity contribution in [2.45, 2.75) is 104 Å². The number of carbonyl (C=O) groups excluding carboxylic acids is 1. The van der Waals surface area contributed by atoms with Crippen molar-refractivity contribution in [3.63, 3.8) is 0 Å². The molecule has 1 fully saturated rings. The Labute approximate surface area is 304 Å². The fourth-order valence-electron chi connectivity index (χ4n) is 7.23. The summed E-state index contributed by atoms with van der Waals surface area (Å²) in [5.41, 5.74) is 3.70. The van der Waals surface area contributed by atoms with Crippen LogP contribution in [0.3, 0.4) is 0 Å². The van der Waals surface area contributed by atoms with E-state index in [4.69, 9.17) is 35.5 Å². The van der Waals surface area contributed by atoms with Gasteiger partial charge in [0.1, 0.15) is 33.9 Å². The molecule has 0 radical (unpaired) electrons. The molecule has 9 nitrogen and oxygen atoms in total. The fraction of sp³-hybridized carbons (Fsp3) is 0.500. The number of hydrogen-bond acceptors (Lipinski definition) is 8. The van der Waals surface area contributed by atoms with Crippen molar-refractivity contribution in [1.29, 1.82) is 0 Å². The number of aliphatic hydroxyl groups excluding tert-OH is 1. The summed E-state index contributed by atoms with van der Waals surface area (Å²) in [7, 11) is 1.34. The van der Waals surface area contributed by atoms with Gasteiger partial charge in [-0.05, 0) is 109 Å². The van der Waals surface area contributed by atoms with Crippen LogP contribution in [0.4, 0.5) is 10.2 Å². The predicted octanol–water partition coefficient (Wildman–Crippen LogP) is 8.62. The predicted molar refractivity (Wildman–Crippen MR) is 197 cm³/mol. The van der Waals surface area contributed by atoms with E-state index in [0.29, 0.717) is 75.6 Å². The van der Waals surface area contributed by atoms with Gasteiger partial charge in [0.2, 0.25) is 0 Å². The molecule has 4 aromatic rings. The number of ether oxygens (including phenoxy) is 4. The van der Waals surface area contributed by atoms with Crippen LogP contribution >= 0.6 is 11.6 Å². The number of halogens is 2. The zero-order valence-electron chi connectivity index (χ0n) is 30.6. The Bertz CT molecular complexity index is 1910. The number of esters is 1. The van der Waals surface area contributed by atoms with Crippen LogP contribution in [0.5, 0.6) is 5.75 Å². The summed E-state index contributed by atoms with van der Waals surface area (Å²) >= 11 is 7.40. The van der Waals surface area contributed by atoms with E-state index in [1.165, 1.54) is 19.2 Å². The highest BCUT2D eigenvalue weighted by Crippen LogP contribution is 2.44. The Morgan fingerprint density at radius 1 is 1.16 bits per heavy atom. The van der Waals surface area contributed by atoms with E-state index in [-0.39, 0.29) is 24.1 Å². The minimum Gasteiger partial charge on any atom is -0.490 e. The maximum atomic E-state index is 14.7. The van der Waals surface area contributed by atoms with E-state index in [1.54, 1.807) is 6.07 Å². The molecule has 6 bridgehead atoms. The van der Waals surface area contributed by atoms with Crippen LogP contribution in [0.25, 0.3) is 28.0 Å². The molecule has 1 saturated heterocycles. The number of imidazole rings is 1. The van der Waals surface area contributed by atoms with Gasteiger partial charge in [0, 0.05) is 42.0 Å². The van der Waals surface area contributed by atoms with Crippen LogP contribution in [0.1, 0.15) is 89.5 Å². The van der Waals surface area contributed by atoms with E-state index < -0.39 is 17.7 Å². The van der Waals surface area contributed by atoms with Gasteiger partial charge < -0.3 is 29.0 Å². The third-order valence-electron chi connectivity index (χ3n) is 10.0. The number of hydrogen-bond donors (Lipinski definition) is 1. The van der Waals surface area contributed by atoms with Gasteiger partial charge >= 0.3 is 5.97 Å². The quantitative estimate of drug-likeness (QED) is 0.210. The molecule has 0 unspecified atom stereocenters. The third kappa shape index (κ3) is 7.61. The second kappa shape index (κ2) is 14.7. The Balaban J connectivity index is 1.63. The molecule has 0 spiro atoms. The van der Waals surface area contributed by atoms with E-state index in [0.717, 1.165) is 37.7 Å². The number of anilines is 1. The highest BCUT2D eigenvalue weighted by Gasteiger charge is 2.39. The van der Waals surface area contributed by atoms with Crippen LogP contribution < -0.4 is 9.64 Å². The van der Waals surface area contributed by atoms with Crippen molar-refractivity contribution >= 4 is 29.0 Å². The molecular weight excluding hydrogens is 673 g/mol. The third-order valence-corrected chi connectivity index (χ3v) is 10.3. The molecule has 1 N–H and O–H groups in total. The highest BCUT2D eigenvalue weighted by atomic mass is 35.5. The molecule has 2 atom stereocenters. The molecule has 3 aliphatic rings. The van der Waals surface area contributed by atoms with Crippen LogP contribution in [-0.4, -0.2) is 64.6 Å². The summed E-state index contributed by atoms with van der Waals surface area (Å²) in [6, 6.07) is 12.2. The molecule has 274 valence electrons. The lowest BCUT2D eigenvalue weighted by Gasteiger charge is -2.42. The number of pyridine rings is 1. The largest absolute Gasteiger partial charge is 0.490 e. The first-order chi connectivity index (χ1) is 24.2. The molecule has 0 saturated carbocycles. The maximum Gasteiger partial charge on any atom is 0.339 e. The maximum absolute atomic E-state index is 14.7. The number of benzene rings is 2. The van der Waals surface area contributed by atoms with Gasteiger partial charge in [0.05, 0.1) is 31.0 Å². The van der Waals surface area contributed by atoms with Gasteiger partial charge in [-0.1, -0.05) is 29.8 Å². The van der Waals surface area contributed by atoms with Crippen molar-refractivity contribution in [3.05, 3.63) is 70.1 Å². The monoisotopic (exact) mass is 721 g/mol. The summed E-state index contributed by atoms with van der Waals surface area (Å²) in [6.45, 7) is 13.2. The van der Waals surface area contributed by atoms with Crippen molar-refractivity contribution in [2.75, 3.05) is 31.7 Å². The van der Waals surface area contributed by atoms with Gasteiger partial charge in [-0.25, -0.2) is 14.2 Å². The van der Waals surface area contributed by atoms with Gasteiger partial charge in [-0.2, -0.15) is 0 Å².